The van der Waals surface area contributed by atoms with E-state index in [-0.39, 0.29) is 29.6 Å². The molecule has 11 heteroatoms. The summed E-state index contributed by atoms with van der Waals surface area (Å²) in [5.41, 5.74) is 1.35. The summed E-state index contributed by atoms with van der Waals surface area (Å²) in [7, 11) is 2.09. The molecule has 0 spiro atoms. The predicted molar refractivity (Wildman–Crippen MR) is 142 cm³/mol. The molecule has 0 atom stereocenters. The predicted octanol–water partition coefficient (Wildman–Crippen LogP) is 4.70. The summed E-state index contributed by atoms with van der Waals surface area (Å²) in [5.74, 6) is 0.462. The third-order valence-electron chi connectivity index (χ3n) is 5.20. The topological polar surface area (TPSA) is 79.8 Å². The SMILES string of the molecule is COc1ccc(Cl)c2sc(N(CCN(C)C)C(=O)Cc3ccc(S(=O)(=O)C(C)C)cc3)nc12.Cl. The second kappa shape index (κ2) is 11.7. The number of nitrogens with zero attached hydrogens (tertiary/aromatic N) is 3. The van der Waals surface area contributed by atoms with Gasteiger partial charge in [-0.3, -0.25) is 9.69 Å². The molecule has 1 heterocycles. The zero-order valence-electron chi connectivity index (χ0n) is 19.7. The summed E-state index contributed by atoms with van der Waals surface area (Å²) >= 11 is 7.71. The van der Waals surface area contributed by atoms with Crippen molar-refractivity contribution in [3.8, 4) is 5.75 Å². The maximum Gasteiger partial charge on any atom is 0.233 e. The molecule has 0 bridgehead atoms. The van der Waals surface area contributed by atoms with Crippen LogP contribution in [0.5, 0.6) is 5.75 Å². The number of anilines is 1. The van der Waals surface area contributed by atoms with Crippen LogP contribution >= 0.6 is 35.3 Å². The second-order valence-electron chi connectivity index (χ2n) is 8.19. The van der Waals surface area contributed by atoms with Crippen LogP contribution in [0.2, 0.25) is 5.02 Å². The van der Waals surface area contributed by atoms with Crippen molar-refractivity contribution in [1.29, 1.82) is 0 Å². The van der Waals surface area contributed by atoms with E-state index in [1.807, 2.05) is 19.0 Å². The Morgan fingerprint density at radius 3 is 2.32 bits per heavy atom. The Kier molecular flexibility index (Phi) is 9.73. The van der Waals surface area contributed by atoms with Gasteiger partial charge >= 0.3 is 0 Å². The highest BCUT2D eigenvalue weighted by Gasteiger charge is 2.23. The second-order valence-corrected chi connectivity index (χ2v) is 12.1. The molecule has 2 aromatic carbocycles. The van der Waals surface area contributed by atoms with Crippen LogP contribution in [-0.2, 0) is 21.1 Å². The molecule has 7 nitrogen and oxygen atoms in total. The Hall–Kier alpha value is -1.91. The quantitative estimate of drug-likeness (QED) is 0.387. The number of methoxy groups -OCH3 is 1. The van der Waals surface area contributed by atoms with Gasteiger partial charge in [0.05, 0.1) is 33.4 Å². The number of amides is 1. The highest BCUT2D eigenvalue weighted by Crippen LogP contribution is 2.38. The van der Waals surface area contributed by atoms with E-state index in [4.69, 9.17) is 16.3 Å². The van der Waals surface area contributed by atoms with Gasteiger partial charge in [-0.15, -0.1) is 12.4 Å². The van der Waals surface area contributed by atoms with E-state index in [9.17, 15) is 13.2 Å². The van der Waals surface area contributed by atoms with Gasteiger partial charge in [0, 0.05) is 13.1 Å². The number of benzene rings is 2. The van der Waals surface area contributed by atoms with Gasteiger partial charge in [-0.2, -0.15) is 0 Å². The number of carbonyl (C=O) groups is 1. The first-order valence-corrected chi connectivity index (χ1v) is 13.2. The van der Waals surface area contributed by atoms with E-state index in [1.54, 1.807) is 62.3 Å². The van der Waals surface area contributed by atoms with Crippen LogP contribution in [0.25, 0.3) is 10.2 Å². The standard InChI is InChI=1S/C23H28ClN3O4S2.ClH/c1-15(2)33(29,30)17-8-6-16(7-9-17)14-20(28)27(13-12-26(3)4)23-25-21-19(31-5)11-10-18(24)22(21)32-23;/h6-11,15H,12-14H2,1-5H3;1H. The summed E-state index contributed by atoms with van der Waals surface area (Å²) in [6.07, 6.45) is 0.121. The van der Waals surface area contributed by atoms with Crippen molar-refractivity contribution < 1.29 is 17.9 Å². The molecule has 34 heavy (non-hydrogen) atoms. The Morgan fingerprint density at radius 2 is 1.76 bits per heavy atom. The van der Waals surface area contributed by atoms with Gasteiger partial charge in [0.15, 0.2) is 15.0 Å². The lowest BCUT2D eigenvalue weighted by molar-refractivity contribution is -0.118. The fourth-order valence-electron chi connectivity index (χ4n) is 3.19. The molecular formula is C23H29Cl2N3O4S2. The van der Waals surface area contributed by atoms with Gasteiger partial charge in [0.2, 0.25) is 5.91 Å². The van der Waals surface area contributed by atoms with E-state index < -0.39 is 15.1 Å². The number of ether oxygens (including phenoxy) is 1. The number of sulfone groups is 1. The zero-order chi connectivity index (χ0) is 24.3. The van der Waals surface area contributed by atoms with Crippen molar-refractivity contribution in [2.45, 2.75) is 30.4 Å². The third-order valence-corrected chi connectivity index (χ3v) is 8.91. The van der Waals surface area contributed by atoms with Crippen molar-refractivity contribution >= 4 is 66.4 Å². The summed E-state index contributed by atoms with van der Waals surface area (Å²) in [6.45, 7) is 4.40. The lowest BCUT2D eigenvalue weighted by atomic mass is 10.1. The molecule has 1 amide bonds. The van der Waals surface area contributed by atoms with Gasteiger partial charge < -0.3 is 9.64 Å². The van der Waals surface area contributed by atoms with Gasteiger partial charge in [-0.1, -0.05) is 35.1 Å². The third kappa shape index (κ3) is 6.20. The average molecular weight is 547 g/mol. The van der Waals surface area contributed by atoms with E-state index in [1.165, 1.54) is 11.3 Å². The molecule has 0 aliphatic rings. The fourth-order valence-corrected chi connectivity index (χ4v) is 5.55. The number of halogens is 2. The molecule has 0 aliphatic heterocycles. The highest BCUT2D eigenvalue weighted by atomic mass is 35.5. The van der Waals surface area contributed by atoms with E-state index in [0.717, 1.165) is 10.3 Å². The van der Waals surface area contributed by atoms with Crippen molar-refractivity contribution in [3.05, 3.63) is 47.0 Å². The first-order valence-electron chi connectivity index (χ1n) is 10.5. The van der Waals surface area contributed by atoms with Crippen molar-refractivity contribution in [2.75, 3.05) is 39.2 Å². The maximum atomic E-state index is 13.3. The lowest BCUT2D eigenvalue weighted by Gasteiger charge is -2.22. The van der Waals surface area contributed by atoms with Crippen LogP contribution in [0.15, 0.2) is 41.3 Å². The van der Waals surface area contributed by atoms with Gasteiger partial charge in [-0.25, -0.2) is 13.4 Å². The summed E-state index contributed by atoms with van der Waals surface area (Å²) in [4.78, 5) is 21.9. The number of aromatic nitrogens is 1. The van der Waals surface area contributed by atoms with Gasteiger partial charge in [0.1, 0.15) is 11.3 Å². The number of rotatable bonds is 9. The number of fused-ring (bicyclic) bond motifs is 1. The average Bonchev–Trinajstić information content (AvgIpc) is 3.20. The Balaban J connectivity index is 0.00000408. The molecule has 3 aromatic rings. The van der Waals surface area contributed by atoms with Crippen molar-refractivity contribution in [2.24, 2.45) is 0 Å². The molecule has 186 valence electrons. The minimum absolute atomic E-state index is 0. The molecular weight excluding hydrogens is 517 g/mol. The fraction of sp³-hybridized carbons (Fsp3) is 0.391. The number of thiazole rings is 1. The van der Waals surface area contributed by atoms with Crippen LogP contribution in [0.4, 0.5) is 5.13 Å². The molecule has 0 fully saturated rings. The normalized spacial score (nSPS) is 11.6. The number of hydrogen-bond acceptors (Lipinski definition) is 7. The molecule has 0 saturated carbocycles. The van der Waals surface area contributed by atoms with Crippen LogP contribution in [0, 0.1) is 0 Å². The van der Waals surface area contributed by atoms with Gasteiger partial charge in [-0.05, 0) is 57.8 Å². The van der Waals surface area contributed by atoms with Crippen molar-refractivity contribution in [3.63, 3.8) is 0 Å². The van der Waals surface area contributed by atoms with Crippen LogP contribution in [0.1, 0.15) is 19.4 Å². The number of likely N-dealkylation sites (N-methyl/N-ethyl adjacent to an activating group) is 1. The monoisotopic (exact) mass is 545 g/mol. The summed E-state index contributed by atoms with van der Waals surface area (Å²) < 4.78 is 30.9. The molecule has 0 saturated heterocycles. The molecule has 1 aromatic heterocycles. The van der Waals surface area contributed by atoms with E-state index in [2.05, 4.69) is 4.98 Å². The van der Waals surface area contributed by atoms with E-state index in [0.29, 0.717) is 34.5 Å². The molecule has 0 unspecified atom stereocenters. The first kappa shape index (κ1) is 28.3. The van der Waals surface area contributed by atoms with Crippen LogP contribution < -0.4 is 9.64 Å². The minimum atomic E-state index is -3.36. The molecule has 0 aliphatic carbocycles. The smallest absolute Gasteiger partial charge is 0.233 e. The molecule has 3 rings (SSSR count). The largest absolute Gasteiger partial charge is 0.494 e. The summed E-state index contributed by atoms with van der Waals surface area (Å²) in [5, 5.41) is 0.591. The van der Waals surface area contributed by atoms with Crippen LogP contribution in [-0.4, -0.2) is 63.8 Å². The zero-order valence-corrected chi connectivity index (χ0v) is 22.9. The van der Waals surface area contributed by atoms with E-state index >= 15 is 0 Å². The Morgan fingerprint density at radius 1 is 1.12 bits per heavy atom. The maximum absolute atomic E-state index is 13.3. The Bertz CT molecular complexity index is 1240. The Labute approximate surface area is 216 Å². The molecule has 0 N–H and O–H groups in total. The summed E-state index contributed by atoms with van der Waals surface area (Å²) in [6, 6.07) is 10.0. The first-order chi connectivity index (χ1) is 15.5. The van der Waals surface area contributed by atoms with Crippen LogP contribution in [0.3, 0.4) is 0 Å². The highest BCUT2D eigenvalue weighted by molar-refractivity contribution is 7.92. The minimum Gasteiger partial charge on any atom is -0.494 e. The number of hydrogen-bond donors (Lipinski definition) is 0. The number of carbonyl (C=O) groups excluding carboxylic acids is 1. The van der Waals surface area contributed by atoms with Crippen molar-refractivity contribution in [1.82, 2.24) is 9.88 Å². The van der Waals surface area contributed by atoms with Gasteiger partial charge in [0.25, 0.3) is 0 Å². The lowest BCUT2D eigenvalue weighted by Crippen LogP contribution is -2.37. The molecule has 0 radical (unpaired) electrons.